The van der Waals surface area contributed by atoms with Gasteiger partial charge in [0.1, 0.15) is 0 Å². The van der Waals surface area contributed by atoms with E-state index in [0.29, 0.717) is 0 Å². The van der Waals surface area contributed by atoms with Crippen molar-refractivity contribution < 1.29 is 85.5 Å². The van der Waals surface area contributed by atoms with E-state index in [9.17, 15) is 4.53 Å². The minimum atomic E-state index is -4.80. The number of halogens is 1. The average molecular weight is 162 g/mol. The summed E-state index contributed by atoms with van der Waals surface area (Å²) in [5, 5.41) is 0. The Morgan fingerprint density at radius 3 is 1.38 bits per heavy atom. The molecule has 0 bridgehead atoms. The van der Waals surface area contributed by atoms with Crippen LogP contribution in [-0.2, 0) is 4.63 Å². The first-order chi connectivity index (χ1) is 2.56. The van der Waals surface area contributed by atoms with Gasteiger partial charge in [0.25, 0.3) is 0 Å². The van der Waals surface area contributed by atoms with E-state index in [0.717, 1.165) is 0 Å². The zero-order valence-corrected chi connectivity index (χ0v) is 9.63. The minimum absolute atomic E-state index is 0. The fraction of sp³-hybridized carbons (Fsp3) is 0. The molecular weight excluding hydrogens is 157 g/mol. The quantitative estimate of drug-likeness (QED) is 0.335. The molecule has 3 N–H and O–H groups in total. The monoisotopic (exact) mass is 162 g/mol. The van der Waals surface area contributed by atoms with Crippen LogP contribution in [0.1, 0.15) is 2.85 Å². The van der Waals surface area contributed by atoms with Crippen molar-refractivity contribution in [1.29, 1.82) is 0 Å². The van der Waals surface area contributed by atoms with Crippen molar-refractivity contribution in [3.05, 3.63) is 0 Å². The van der Waals surface area contributed by atoms with Crippen LogP contribution in [0.15, 0.2) is 0 Å². The van der Waals surface area contributed by atoms with E-state index in [-0.39, 0.29) is 62.0 Å². The molecule has 0 unspecified atom stereocenters. The molecule has 0 aliphatic heterocycles. The molecule has 0 amide bonds. The molecule has 0 aromatic rings. The van der Waals surface area contributed by atoms with Crippen molar-refractivity contribution in [2.75, 3.05) is 0 Å². The fourth-order valence-electron chi connectivity index (χ4n) is 0. The first-order valence-electron chi connectivity index (χ1n) is 1.03. The predicted molar refractivity (Wildman–Crippen MR) is 16.8 cm³/mol. The number of hydrogen-bond donors (Lipinski definition) is 3. The zero-order chi connectivity index (χ0) is 5.21. The fourth-order valence-corrected chi connectivity index (χ4v) is 0. The van der Waals surface area contributed by atoms with E-state index in [1.165, 1.54) is 0 Å². The Morgan fingerprint density at radius 1 is 1.25 bits per heavy atom. The molecule has 42 valence electrons. The number of rotatable bonds is 1. The maximum atomic E-state index is 10.3. The third kappa shape index (κ3) is 15.7. The zero-order valence-electron chi connectivity index (χ0n) is 6.63. The molecule has 0 aromatic carbocycles. The molecule has 0 atom stereocenters. The largest absolute Gasteiger partial charge is 1.00 e. The smallest absolute Gasteiger partial charge is 1.00 e. The van der Waals surface area contributed by atoms with Gasteiger partial charge in [0.15, 0.2) is 0 Å². The summed E-state index contributed by atoms with van der Waals surface area (Å²) in [5.74, 6) is 0. The van der Waals surface area contributed by atoms with Gasteiger partial charge in [-0.15, -0.1) is 0 Å². The van der Waals surface area contributed by atoms with Crippen LogP contribution in [0.2, 0.25) is 0 Å². The Bertz CT molecular complexity index is 51.0. The molecule has 4 nitrogen and oxygen atoms in total. The molecule has 0 radical (unpaired) electrons. The Hall–Kier alpha value is 1.99. The normalized spacial score (nSPS) is 9.00. The van der Waals surface area contributed by atoms with E-state index in [4.69, 9.17) is 14.4 Å². The third-order valence-electron chi connectivity index (χ3n) is 0.104. The molecule has 0 fully saturated rings. The van der Waals surface area contributed by atoms with Gasteiger partial charge < -0.3 is 17.2 Å². The van der Waals surface area contributed by atoms with Crippen LogP contribution in [0.4, 0.5) is 4.53 Å². The standard InChI is InChI=1S/FH3O4Si.2Na.2H/c1-5-6(2,3)4;;;;/h2-4H;;;;/q;2*+1;2*-1. The van der Waals surface area contributed by atoms with E-state index >= 15 is 0 Å². The van der Waals surface area contributed by atoms with Crippen LogP contribution in [0.25, 0.3) is 0 Å². The van der Waals surface area contributed by atoms with Gasteiger partial charge in [0.05, 0.1) is 0 Å². The predicted octanol–water partition coefficient (Wildman–Crippen LogP) is -7.47. The second kappa shape index (κ2) is 7.10. The van der Waals surface area contributed by atoms with Gasteiger partial charge in [-0.3, -0.25) is 0 Å². The molecule has 0 rings (SSSR count). The number of hydrogen-bond acceptors (Lipinski definition) is 4. The summed E-state index contributed by atoms with van der Waals surface area (Å²) >= 11 is 0. The van der Waals surface area contributed by atoms with Crippen LogP contribution in [0.3, 0.4) is 0 Å². The van der Waals surface area contributed by atoms with Crippen molar-refractivity contribution in [1.82, 2.24) is 0 Å². The van der Waals surface area contributed by atoms with E-state index < -0.39 is 9.05 Å². The molecule has 8 heavy (non-hydrogen) atoms. The van der Waals surface area contributed by atoms with Gasteiger partial charge in [-0.1, -0.05) is 4.53 Å². The van der Waals surface area contributed by atoms with E-state index in [2.05, 4.69) is 4.63 Å². The summed E-state index contributed by atoms with van der Waals surface area (Å²) in [7, 11) is -4.80. The van der Waals surface area contributed by atoms with Gasteiger partial charge in [-0.2, -0.15) is 4.63 Å². The molecular formula is H5FNa2O4Si. The van der Waals surface area contributed by atoms with Crippen molar-refractivity contribution in [3.63, 3.8) is 0 Å². The van der Waals surface area contributed by atoms with Crippen LogP contribution in [-0.4, -0.2) is 23.4 Å². The molecule has 0 aliphatic rings. The van der Waals surface area contributed by atoms with Gasteiger partial charge in [0, 0.05) is 0 Å². The third-order valence-corrected chi connectivity index (χ3v) is 0.311. The molecule has 0 aromatic heterocycles. The summed E-state index contributed by atoms with van der Waals surface area (Å²) in [5.41, 5.74) is 0. The van der Waals surface area contributed by atoms with Gasteiger partial charge in [0.2, 0.25) is 0 Å². The topological polar surface area (TPSA) is 69.9 Å². The Morgan fingerprint density at radius 2 is 1.38 bits per heavy atom. The second-order valence-electron chi connectivity index (χ2n) is 0.651. The maximum Gasteiger partial charge on any atom is 1.00 e. The first kappa shape index (κ1) is 16.5. The Kier molecular flexibility index (Phi) is 14.7. The molecule has 0 heterocycles. The second-order valence-corrected chi connectivity index (χ2v) is 1.95. The Labute approximate surface area is 93.6 Å². The Balaban J connectivity index is -0.0000000208. The van der Waals surface area contributed by atoms with E-state index in [1.807, 2.05) is 0 Å². The van der Waals surface area contributed by atoms with Crippen LogP contribution < -0.4 is 59.1 Å². The van der Waals surface area contributed by atoms with Crippen molar-refractivity contribution in [3.8, 4) is 0 Å². The van der Waals surface area contributed by atoms with Crippen LogP contribution in [0.5, 0.6) is 0 Å². The summed E-state index contributed by atoms with van der Waals surface area (Å²) < 4.78 is 12.6. The van der Waals surface area contributed by atoms with Crippen LogP contribution in [0, 0.1) is 0 Å². The van der Waals surface area contributed by atoms with Crippen LogP contribution >= 0.6 is 0 Å². The summed E-state index contributed by atoms with van der Waals surface area (Å²) in [4.78, 5) is 22.4. The molecule has 8 heteroatoms. The average Bonchev–Trinajstić information content (AvgIpc) is 1.35. The maximum absolute atomic E-state index is 10.3. The minimum Gasteiger partial charge on any atom is -1.00 e. The first-order valence-corrected chi connectivity index (χ1v) is 2.78. The molecule has 0 aliphatic carbocycles. The van der Waals surface area contributed by atoms with E-state index in [1.54, 1.807) is 0 Å². The van der Waals surface area contributed by atoms with Gasteiger partial charge in [-0.05, 0) is 0 Å². The molecule has 0 saturated carbocycles. The molecule has 0 saturated heterocycles. The van der Waals surface area contributed by atoms with Crippen molar-refractivity contribution in [2.24, 2.45) is 0 Å². The van der Waals surface area contributed by atoms with Gasteiger partial charge >= 0.3 is 68.2 Å². The summed E-state index contributed by atoms with van der Waals surface area (Å²) in [6.45, 7) is 0. The van der Waals surface area contributed by atoms with Crippen molar-refractivity contribution in [2.45, 2.75) is 0 Å². The summed E-state index contributed by atoms with van der Waals surface area (Å²) in [6, 6.07) is 0. The van der Waals surface area contributed by atoms with Crippen molar-refractivity contribution >= 4 is 9.05 Å². The molecule has 0 spiro atoms. The summed E-state index contributed by atoms with van der Waals surface area (Å²) in [6.07, 6.45) is 0. The van der Waals surface area contributed by atoms with Gasteiger partial charge in [-0.25, -0.2) is 0 Å². The SMILES string of the molecule is O[Si](O)(O)OF.[H-].[H-].[Na+].[Na+].